The average molecular weight is 429 g/mol. The van der Waals surface area contributed by atoms with E-state index in [1.54, 1.807) is 25.4 Å². The zero-order valence-corrected chi connectivity index (χ0v) is 17.7. The standard InChI is InChI=1S/C20H20N4O3S2/c1-11-21-14-9-12(3-6-15(14)27-11)22-18(25)16-10-17-19(28-16)23-20(29-17)24(7-8-26-2)13-4-5-13/h3,6,9-10,13H,4-5,7-8H2,1-2H3,(H,22,25). The lowest BCUT2D eigenvalue weighted by atomic mass is 10.3. The summed E-state index contributed by atoms with van der Waals surface area (Å²) in [6, 6.07) is 7.96. The summed E-state index contributed by atoms with van der Waals surface area (Å²) < 4.78 is 11.8. The second-order valence-corrected chi connectivity index (χ2v) is 9.10. The molecule has 0 aliphatic heterocycles. The number of fused-ring (bicyclic) bond motifs is 2. The number of carbonyl (C=O) groups excluding carboxylic acids is 1. The van der Waals surface area contributed by atoms with Gasteiger partial charge >= 0.3 is 0 Å². The van der Waals surface area contributed by atoms with Gasteiger partial charge in [0.05, 0.1) is 16.2 Å². The van der Waals surface area contributed by atoms with Gasteiger partial charge in [0, 0.05) is 32.3 Å². The molecule has 29 heavy (non-hydrogen) atoms. The molecule has 0 saturated heterocycles. The molecular formula is C20H20N4O3S2. The molecule has 5 rings (SSSR count). The van der Waals surface area contributed by atoms with E-state index in [1.165, 1.54) is 24.2 Å². The molecule has 1 aliphatic rings. The van der Waals surface area contributed by atoms with Gasteiger partial charge in [-0.2, -0.15) is 0 Å². The molecule has 4 aromatic rings. The highest BCUT2D eigenvalue weighted by atomic mass is 32.1. The van der Waals surface area contributed by atoms with Crippen LogP contribution in [0.4, 0.5) is 10.8 Å². The molecule has 0 radical (unpaired) electrons. The van der Waals surface area contributed by atoms with E-state index in [4.69, 9.17) is 14.1 Å². The fraction of sp³-hybridized carbons (Fsp3) is 0.350. The van der Waals surface area contributed by atoms with Crippen molar-refractivity contribution in [3.8, 4) is 0 Å². The van der Waals surface area contributed by atoms with Crippen LogP contribution in [-0.4, -0.2) is 42.2 Å². The predicted molar refractivity (Wildman–Crippen MR) is 116 cm³/mol. The van der Waals surface area contributed by atoms with Crippen molar-refractivity contribution in [1.82, 2.24) is 9.97 Å². The Morgan fingerprint density at radius 3 is 2.93 bits per heavy atom. The maximum absolute atomic E-state index is 12.7. The number of oxazole rings is 1. The number of hydrogen-bond donors (Lipinski definition) is 1. The summed E-state index contributed by atoms with van der Waals surface area (Å²) in [7, 11) is 1.72. The van der Waals surface area contributed by atoms with E-state index in [0.717, 1.165) is 26.7 Å². The van der Waals surface area contributed by atoms with Crippen LogP contribution < -0.4 is 10.2 Å². The molecule has 7 nitrogen and oxygen atoms in total. The molecule has 3 heterocycles. The number of benzene rings is 1. The largest absolute Gasteiger partial charge is 0.441 e. The van der Waals surface area contributed by atoms with Crippen molar-refractivity contribution < 1.29 is 13.9 Å². The SMILES string of the molecule is COCCN(c1nc2sc(C(=O)Nc3ccc4oc(C)nc4c3)cc2s1)C1CC1. The predicted octanol–water partition coefficient (Wildman–Crippen LogP) is 4.67. The third-order valence-electron chi connectivity index (χ3n) is 4.82. The first-order valence-corrected chi connectivity index (χ1v) is 11.1. The van der Waals surface area contributed by atoms with Crippen molar-refractivity contribution in [2.75, 3.05) is 30.5 Å². The van der Waals surface area contributed by atoms with Crippen LogP contribution in [0.2, 0.25) is 0 Å². The van der Waals surface area contributed by atoms with E-state index in [1.807, 2.05) is 24.3 Å². The lowest BCUT2D eigenvalue weighted by Crippen LogP contribution is -2.29. The van der Waals surface area contributed by atoms with Crippen molar-refractivity contribution in [3.63, 3.8) is 0 Å². The highest BCUT2D eigenvalue weighted by Crippen LogP contribution is 2.39. The van der Waals surface area contributed by atoms with Crippen LogP contribution in [-0.2, 0) is 4.74 Å². The Balaban J connectivity index is 1.34. The van der Waals surface area contributed by atoms with Gasteiger partial charge in [0.25, 0.3) is 5.91 Å². The number of aryl methyl sites for hydroxylation is 1. The Morgan fingerprint density at radius 1 is 1.31 bits per heavy atom. The lowest BCUT2D eigenvalue weighted by Gasteiger charge is -2.20. The van der Waals surface area contributed by atoms with E-state index in [2.05, 4.69) is 15.2 Å². The van der Waals surface area contributed by atoms with Crippen molar-refractivity contribution in [2.45, 2.75) is 25.8 Å². The van der Waals surface area contributed by atoms with Gasteiger partial charge in [0.1, 0.15) is 10.3 Å². The summed E-state index contributed by atoms with van der Waals surface area (Å²) in [6.45, 7) is 3.34. The molecule has 1 N–H and O–H groups in total. The highest BCUT2D eigenvalue weighted by molar-refractivity contribution is 7.29. The maximum Gasteiger partial charge on any atom is 0.265 e. The van der Waals surface area contributed by atoms with Crippen LogP contribution in [0, 0.1) is 6.92 Å². The first kappa shape index (κ1) is 18.5. The van der Waals surface area contributed by atoms with Crippen molar-refractivity contribution in [1.29, 1.82) is 0 Å². The molecule has 1 aliphatic carbocycles. The molecular weight excluding hydrogens is 408 g/mol. The van der Waals surface area contributed by atoms with Gasteiger partial charge in [-0.3, -0.25) is 4.79 Å². The van der Waals surface area contributed by atoms with E-state index in [-0.39, 0.29) is 5.91 Å². The molecule has 0 spiro atoms. The van der Waals surface area contributed by atoms with Gasteiger partial charge in [-0.1, -0.05) is 11.3 Å². The minimum atomic E-state index is -0.139. The number of carbonyl (C=O) groups is 1. The van der Waals surface area contributed by atoms with Gasteiger partial charge in [-0.05, 0) is 37.1 Å². The first-order chi connectivity index (χ1) is 14.1. The average Bonchev–Trinajstić information content (AvgIpc) is 3.15. The van der Waals surface area contributed by atoms with Crippen LogP contribution in [0.15, 0.2) is 28.7 Å². The number of aromatic nitrogens is 2. The van der Waals surface area contributed by atoms with Crippen LogP contribution in [0.1, 0.15) is 28.4 Å². The topological polar surface area (TPSA) is 80.5 Å². The number of thiazole rings is 1. The number of amides is 1. The van der Waals surface area contributed by atoms with Crippen LogP contribution in [0.3, 0.4) is 0 Å². The summed E-state index contributed by atoms with van der Waals surface area (Å²) in [5.41, 5.74) is 2.14. The zero-order chi connectivity index (χ0) is 20.0. The number of ether oxygens (including phenoxy) is 1. The molecule has 1 aromatic carbocycles. The van der Waals surface area contributed by atoms with Crippen molar-refractivity contribution in [2.24, 2.45) is 0 Å². The zero-order valence-electron chi connectivity index (χ0n) is 16.1. The second-order valence-electron chi connectivity index (χ2n) is 7.06. The monoisotopic (exact) mass is 428 g/mol. The number of methoxy groups -OCH3 is 1. The normalized spacial score (nSPS) is 14.0. The van der Waals surface area contributed by atoms with Gasteiger partial charge < -0.3 is 19.4 Å². The third kappa shape index (κ3) is 3.73. The molecule has 1 amide bonds. The van der Waals surface area contributed by atoms with Gasteiger partial charge in [-0.15, -0.1) is 11.3 Å². The smallest absolute Gasteiger partial charge is 0.265 e. The van der Waals surface area contributed by atoms with Crippen molar-refractivity contribution in [3.05, 3.63) is 35.0 Å². The Labute approximate surface area is 175 Å². The minimum Gasteiger partial charge on any atom is -0.441 e. The summed E-state index contributed by atoms with van der Waals surface area (Å²) >= 11 is 3.06. The summed E-state index contributed by atoms with van der Waals surface area (Å²) in [5.74, 6) is 0.467. The number of rotatable bonds is 7. The fourth-order valence-electron chi connectivity index (χ4n) is 3.28. The number of thiophene rings is 1. The highest BCUT2D eigenvalue weighted by Gasteiger charge is 2.31. The van der Waals surface area contributed by atoms with E-state index < -0.39 is 0 Å². The number of nitrogens with one attached hydrogen (secondary N) is 1. The van der Waals surface area contributed by atoms with E-state index in [0.29, 0.717) is 34.7 Å². The van der Waals surface area contributed by atoms with Crippen molar-refractivity contribution >= 4 is 60.0 Å². The summed E-state index contributed by atoms with van der Waals surface area (Å²) in [6.07, 6.45) is 2.42. The van der Waals surface area contributed by atoms with Gasteiger partial charge in [0.2, 0.25) is 0 Å². The molecule has 0 atom stereocenters. The van der Waals surface area contributed by atoms with Crippen LogP contribution in [0.5, 0.6) is 0 Å². The molecule has 0 bridgehead atoms. The number of anilines is 2. The van der Waals surface area contributed by atoms with E-state index >= 15 is 0 Å². The molecule has 150 valence electrons. The molecule has 3 aromatic heterocycles. The summed E-state index contributed by atoms with van der Waals surface area (Å²) in [5, 5.41) is 3.96. The first-order valence-electron chi connectivity index (χ1n) is 9.45. The molecule has 1 saturated carbocycles. The van der Waals surface area contributed by atoms with Crippen LogP contribution in [0.25, 0.3) is 20.6 Å². The Hall–Kier alpha value is -2.49. The molecule has 0 unspecified atom stereocenters. The molecule has 1 fully saturated rings. The van der Waals surface area contributed by atoms with Gasteiger partial charge in [0.15, 0.2) is 16.6 Å². The minimum absolute atomic E-state index is 0.139. The number of nitrogens with zero attached hydrogens (tertiary/aromatic N) is 3. The Kier molecular flexibility index (Phi) is 4.73. The Morgan fingerprint density at radius 2 is 2.17 bits per heavy atom. The van der Waals surface area contributed by atoms with E-state index in [9.17, 15) is 4.79 Å². The second kappa shape index (κ2) is 7.40. The fourth-order valence-corrected chi connectivity index (χ4v) is 5.49. The summed E-state index contributed by atoms with van der Waals surface area (Å²) in [4.78, 5) is 25.7. The third-order valence-corrected chi connectivity index (χ3v) is 7.02. The molecule has 9 heteroatoms. The Bertz CT molecular complexity index is 1160. The number of hydrogen-bond acceptors (Lipinski definition) is 8. The van der Waals surface area contributed by atoms with Gasteiger partial charge in [-0.25, -0.2) is 9.97 Å². The quantitative estimate of drug-likeness (QED) is 0.461. The maximum atomic E-state index is 12.7. The lowest BCUT2D eigenvalue weighted by molar-refractivity contribution is 0.103. The van der Waals surface area contributed by atoms with Crippen LogP contribution >= 0.6 is 22.7 Å².